The Kier molecular flexibility index (Phi) is 8.38. The minimum absolute atomic E-state index is 0.00210. The molecular formula is C37H34Cl2FN3O2. The van der Waals surface area contributed by atoms with Crippen LogP contribution in [0.25, 0.3) is 11.0 Å². The third-order valence-electron chi connectivity index (χ3n) is 9.18. The molecule has 1 aromatic heterocycles. The standard InChI is InChI=1S/C37H34Cl2FN3O2/c38-29-12-4-23(5-13-29)19-26-11-17-33-35(31(26)20-24-6-14-30(39)15-7-24)41-36(25-8-9-25)43(33)34-3-1-2-18-42(34)22-28-21-27(37(44)45)10-16-32(28)40/h4-7,10-17,21,25,34H,1-3,8-9,18-20,22H2,(H,44,45). The molecule has 4 aromatic carbocycles. The van der Waals surface area contributed by atoms with Gasteiger partial charge in [-0.05, 0) is 116 Å². The molecule has 0 radical (unpaired) electrons. The summed E-state index contributed by atoms with van der Waals surface area (Å²) in [7, 11) is 0. The molecule has 1 N–H and O–H groups in total. The molecule has 1 saturated carbocycles. The molecule has 7 rings (SSSR count). The fourth-order valence-corrected chi connectivity index (χ4v) is 6.96. The molecule has 2 heterocycles. The molecule has 1 unspecified atom stereocenters. The number of carboxylic acids is 1. The van der Waals surface area contributed by atoms with Crippen LogP contribution in [0, 0.1) is 5.82 Å². The first-order valence-electron chi connectivity index (χ1n) is 15.6. The van der Waals surface area contributed by atoms with Crippen molar-refractivity contribution in [2.24, 2.45) is 0 Å². The van der Waals surface area contributed by atoms with Crippen molar-refractivity contribution in [1.82, 2.24) is 14.5 Å². The number of rotatable bonds is 9. The molecule has 0 spiro atoms. The van der Waals surface area contributed by atoms with Crippen LogP contribution in [-0.2, 0) is 19.4 Å². The predicted molar refractivity (Wildman–Crippen MR) is 177 cm³/mol. The molecule has 0 amide bonds. The summed E-state index contributed by atoms with van der Waals surface area (Å²) < 4.78 is 17.4. The Bertz CT molecular complexity index is 1870. The Hall–Kier alpha value is -3.71. The van der Waals surface area contributed by atoms with E-state index in [1.807, 2.05) is 24.3 Å². The van der Waals surface area contributed by atoms with Crippen LogP contribution in [0.15, 0.2) is 78.9 Å². The molecule has 8 heteroatoms. The van der Waals surface area contributed by atoms with E-state index in [4.69, 9.17) is 28.2 Å². The summed E-state index contributed by atoms with van der Waals surface area (Å²) in [6.07, 6.45) is 6.69. The van der Waals surface area contributed by atoms with Crippen LogP contribution >= 0.6 is 23.2 Å². The summed E-state index contributed by atoms with van der Waals surface area (Å²) in [5.41, 5.74) is 7.40. The van der Waals surface area contributed by atoms with Crippen molar-refractivity contribution in [2.45, 2.75) is 63.6 Å². The number of carbonyl (C=O) groups is 1. The van der Waals surface area contributed by atoms with E-state index in [2.05, 4.69) is 45.9 Å². The highest BCUT2D eigenvalue weighted by atomic mass is 35.5. The van der Waals surface area contributed by atoms with E-state index < -0.39 is 5.97 Å². The lowest BCUT2D eigenvalue weighted by Gasteiger charge is -2.38. The summed E-state index contributed by atoms with van der Waals surface area (Å²) in [5.74, 6) is 0.0732. The maximum atomic E-state index is 15.0. The van der Waals surface area contributed by atoms with Gasteiger partial charge in [-0.25, -0.2) is 14.2 Å². The largest absolute Gasteiger partial charge is 0.478 e. The molecule has 45 heavy (non-hydrogen) atoms. The molecule has 5 nitrogen and oxygen atoms in total. The number of piperidine rings is 1. The molecular weight excluding hydrogens is 608 g/mol. The number of aromatic carboxylic acids is 1. The lowest BCUT2D eigenvalue weighted by atomic mass is 9.94. The van der Waals surface area contributed by atoms with Crippen LogP contribution in [0.3, 0.4) is 0 Å². The van der Waals surface area contributed by atoms with Crippen LogP contribution in [0.4, 0.5) is 4.39 Å². The Morgan fingerprint density at radius 2 is 1.53 bits per heavy atom. The topological polar surface area (TPSA) is 58.4 Å². The number of halogens is 3. The second-order valence-corrected chi connectivity index (χ2v) is 13.2. The van der Waals surface area contributed by atoms with Gasteiger partial charge in [0, 0.05) is 34.6 Å². The SMILES string of the molecule is O=C(O)c1ccc(F)c(CN2CCCCC2n2c(C3CC3)nc3c(Cc4ccc(Cl)cc4)c(Cc4ccc(Cl)cc4)ccc32)c1. The number of fused-ring (bicyclic) bond motifs is 1. The van der Waals surface area contributed by atoms with E-state index in [1.54, 1.807) is 0 Å². The molecule has 5 aromatic rings. The Morgan fingerprint density at radius 3 is 2.20 bits per heavy atom. The maximum Gasteiger partial charge on any atom is 0.335 e. The van der Waals surface area contributed by atoms with Gasteiger partial charge in [0.1, 0.15) is 11.6 Å². The highest BCUT2D eigenvalue weighted by Crippen LogP contribution is 2.45. The average Bonchev–Trinajstić information content (AvgIpc) is 3.81. The summed E-state index contributed by atoms with van der Waals surface area (Å²) in [6.45, 7) is 1.14. The van der Waals surface area contributed by atoms with Gasteiger partial charge in [-0.1, -0.05) is 53.5 Å². The first-order valence-corrected chi connectivity index (χ1v) is 16.4. The number of hydrogen-bond donors (Lipinski definition) is 1. The summed E-state index contributed by atoms with van der Waals surface area (Å²) in [6, 6.07) is 24.6. The van der Waals surface area contributed by atoms with Crippen molar-refractivity contribution in [2.75, 3.05) is 6.54 Å². The Morgan fingerprint density at radius 1 is 0.844 bits per heavy atom. The van der Waals surface area contributed by atoms with Crippen LogP contribution in [0.5, 0.6) is 0 Å². The van der Waals surface area contributed by atoms with Crippen molar-refractivity contribution in [1.29, 1.82) is 0 Å². The van der Waals surface area contributed by atoms with E-state index in [9.17, 15) is 9.90 Å². The summed E-state index contributed by atoms with van der Waals surface area (Å²) in [5, 5.41) is 11.0. The van der Waals surface area contributed by atoms with Gasteiger partial charge in [0.2, 0.25) is 0 Å². The van der Waals surface area contributed by atoms with Crippen molar-refractivity contribution in [3.05, 3.63) is 134 Å². The molecule has 1 aliphatic carbocycles. The zero-order chi connectivity index (χ0) is 31.1. The van der Waals surface area contributed by atoms with Gasteiger partial charge < -0.3 is 9.67 Å². The predicted octanol–water partition coefficient (Wildman–Crippen LogP) is 9.42. The average molecular weight is 643 g/mol. The lowest BCUT2D eigenvalue weighted by molar-refractivity contribution is 0.0695. The van der Waals surface area contributed by atoms with Crippen LogP contribution in [0.1, 0.15) is 88.2 Å². The number of imidazole rings is 1. The normalized spacial score (nSPS) is 17.2. The molecule has 230 valence electrons. The molecule has 1 atom stereocenters. The molecule has 0 bridgehead atoms. The van der Waals surface area contributed by atoms with Crippen LogP contribution in [-0.4, -0.2) is 32.1 Å². The first-order chi connectivity index (χ1) is 21.8. The molecule has 1 saturated heterocycles. The second-order valence-electron chi connectivity index (χ2n) is 12.3. The van der Waals surface area contributed by atoms with Gasteiger partial charge in [-0.3, -0.25) is 4.90 Å². The highest BCUT2D eigenvalue weighted by Gasteiger charge is 2.35. The Balaban J connectivity index is 1.33. The number of nitrogens with zero attached hydrogens (tertiary/aromatic N) is 3. The van der Waals surface area contributed by atoms with E-state index in [0.29, 0.717) is 23.0 Å². The highest BCUT2D eigenvalue weighted by molar-refractivity contribution is 6.30. The summed E-state index contributed by atoms with van der Waals surface area (Å²) in [4.78, 5) is 19.4. The number of benzene rings is 4. The number of aromatic nitrogens is 2. The van der Waals surface area contributed by atoms with Crippen molar-refractivity contribution < 1.29 is 14.3 Å². The van der Waals surface area contributed by atoms with Crippen LogP contribution < -0.4 is 0 Å². The van der Waals surface area contributed by atoms with Crippen molar-refractivity contribution >= 4 is 40.2 Å². The zero-order valence-corrected chi connectivity index (χ0v) is 26.4. The van der Waals surface area contributed by atoms with Gasteiger partial charge in [0.15, 0.2) is 0 Å². The fraction of sp³-hybridized carbons (Fsp3) is 0.297. The Labute approximate surface area is 272 Å². The number of carboxylic acid groups (broad SMARTS) is 1. The summed E-state index contributed by atoms with van der Waals surface area (Å²) >= 11 is 12.4. The van der Waals surface area contributed by atoms with Crippen molar-refractivity contribution in [3.8, 4) is 0 Å². The van der Waals surface area contributed by atoms with Gasteiger partial charge in [0.25, 0.3) is 0 Å². The second kappa shape index (κ2) is 12.6. The van der Waals surface area contributed by atoms with Crippen molar-refractivity contribution in [3.63, 3.8) is 0 Å². The minimum atomic E-state index is -1.05. The number of likely N-dealkylation sites (tertiary alicyclic amines) is 1. The van der Waals surface area contributed by atoms with Crippen LogP contribution in [0.2, 0.25) is 10.0 Å². The maximum absolute atomic E-state index is 15.0. The zero-order valence-electron chi connectivity index (χ0n) is 24.9. The van der Waals surface area contributed by atoms with E-state index in [-0.39, 0.29) is 17.5 Å². The van der Waals surface area contributed by atoms with E-state index in [0.717, 1.165) is 73.4 Å². The monoisotopic (exact) mass is 641 g/mol. The third kappa shape index (κ3) is 6.37. The quantitative estimate of drug-likeness (QED) is 0.174. The number of hydrogen-bond acceptors (Lipinski definition) is 3. The van der Waals surface area contributed by atoms with Gasteiger partial charge in [0.05, 0.1) is 22.8 Å². The van der Waals surface area contributed by atoms with E-state index >= 15 is 4.39 Å². The molecule has 2 aliphatic rings. The first kappa shape index (κ1) is 30.0. The lowest BCUT2D eigenvalue weighted by Crippen LogP contribution is -2.37. The van der Waals surface area contributed by atoms with Gasteiger partial charge in [-0.2, -0.15) is 0 Å². The van der Waals surface area contributed by atoms with E-state index in [1.165, 1.54) is 40.5 Å². The van der Waals surface area contributed by atoms with Gasteiger partial charge >= 0.3 is 5.97 Å². The molecule has 2 fully saturated rings. The smallest absolute Gasteiger partial charge is 0.335 e. The van der Waals surface area contributed by atoms with Gasteiger partial charge in [-0.15, -0.1) is 0 Å². The molecule has 1 aliphatic heterocycles. The minimum Gasteiger partial charge on any atom is -0.478 e. The third-order valence-corrected chi connectivity index (χ3v) is 9.68. The fourth-order valence-electron chi connectivity index (χ4n) is 6.71.